The van der Waals surface area contributed by atoms with Crippen molar-refractivity contribution >= 4 is 11.9 Å². The predicted octanol–water partition coefficient (Wildman–Crippen LogP) is 4.46. The van der Waals surface area contributed by atoms with Crippen LogP contribution >= 0.6 is 0 Å². The number of phenols is 1. The number of rotatable bonds is 3. The van der Waals surface area contributed by atoms with E-state index in [4.69, 9.17) is 4.74 Å². The highest BCUT2D eigenvalue weighted by Gasteiger charge is 2.32. The highest BCUT2D eigenvalue weighted by Crippen LogP contribution is 2.33. The van der Waals surface area contributed by atoms with Gasteiger partial charge in [0.2, 0.25) is 5.78 Å². The summed E-state index contributed by atoms with van der Waals surface area (Å²) in [5.41, 5.74) is 0.0661. The van der Waals surface area contributed by atoms with Crippen molar-refractivity contribution in [3.63, 3.8) is 0 Å². The van der Waals surface area contributed by atoms with Gasteiger partial charge in [0, 0.05) is 12.5 Å². The van der Waals surface area contributed by atoms with Gasteiger partial charge in [0.1, 0.15) is 11.5 Å². The molecule has 6 heteroatoms. The Labute approximate surface area is 136 Å². The number of aromatic hydroxyl groups is 1. The number of alkyl halides is 3. The lowest BCUT2D eigenvalue weighted by molar-refractivity contribution is -0.137. The van der Waals surface area contributed by atoms with Gasteiger partial charge in [-0.05, 0) is 29.8 Å². The molecule has 0 fully saturated rings. The van der Waals surface area contributed by atoms with Gasteiger partial charge >= 0.3 is 6.18 Å². The first-order valence-electron chi connectivity index (χ1n) is 7.22. The lowest BCUT2D eigenvalue weighted by Crippen LogP contribution is -2.19. The number of carbonyl (C=O) groups excluding carboxylic acids is 1. The molecule has 24 heavy (non-hydrogen) atoms. The second-order valence-corrected chi connectivity index (χ2v) is 5.41. The van der Waals surface area contributed by atoms with E-state index in [-0.39, 0.29) is 18.0 Å². The molecule has 1 aliphatic rings. The summed E-state index contributed by atoms with van der Waals surface area (Å²) in [5.74, 6) is 0.109. The zero-order valence-corrected chi connectivity index (χ0v) is 12.4. The Morgan fingerprint density at radius 3 is 2.71 bits per heavy atom. The SMILES string of the molecule is O=C1c2ccc(O)cc2OC1C/C=C/c1cccc(C(F)(F)F)c1. The van der Waals surface area contributed by atoms with Crippen molar-refractivity contribution in [1.82, 2.24) is 0 Å². The molecular formula is C18H13F3O3. The van der Waals surface area contributed by atoms with E-state index in [9.17, 15) is 23.1 Å². The number of hydrogen-bond acceptors (Lipinski definition) is 3. The van der Waals surface area contributed by atoms with Gasteiger partial charge in [-0.3, -0.25) is 4.79 Å². The van der Waals surface area contributed by atoms with Crippen LogP contribution in [-0.4, -0.2) is 17.0 Å². The third-order valence-electron chi connectivity index (χ3n) is 3.67. The van der Waals surface area contributed by atoms with E-state index in [0.29, 0.717) is 16.9 Å². The number of Topliss-reactive ketones (excluding diaryl/α,β-unsaturated/α-hetero) is 1. The molecule has 1 unspecified atom stereocenters. The zero-order chi connectivity index (χ0) is 17.3. The minimum Gasteiger partial charge on any atom is -0.508 e. The van der Waals surface area contributed by atoms with E-state index in [0.717, 1.165) is 12.1 Å². The van der Waals surface area contributed by atoms with Gasteiger partial charge in [-0.25, -0.2) is 0 Å². The Morgan fingerprint density at radius 2 is 1.96 bits per heavy atom. The van der Waals surface area contributed by atoms with Gasteiger partial charge in [0.15, 0.2) is 6.10 Å². The smallest absolute Gasteiger partial charge is 0.416 e. The van der Waals surface area contributed by atoms with E-state index >= 15 is 0 Å². The van der Waals surface area contributed by atoms with Gasteiger partial charge < -0.3 is 9.84 Å². The Morgan fingerprint density at radius 1 is 1.17 bits per heavy atom. The minimum absolute atomic E-state index is 0.00158. The van der Waals surface area contributed by atoms with Crippen LogP contribution in [0.4, 0.5) is 13.2 Å². The quantitative estimate of drug-likeness (QED) is 0.901. The van der Waals surface area contributed by atoms with Crippen molar-refractivity contribution < 1.29 is 27.8 Å². The molecular weight excluding hydrogens is 321 g/mol. The summed E-state index contributed by atoms with van der Waals surface area (Å²) in [6, 6.07) is 9.19. The fourth-order valence-corrected chi connectivity index (χ4v) is 2.49. The average molecular weight is 334 g/mol. The van der Waals surface area contributed by atoms with Crippen LogP contribution in [0.5, 0.6) is 11.5 Å². The van der Waals surface area contributed by atoms with E-state index in [1.165, 1.54) is 30.3 Å². The van der Waals surface area contributed by atoms with Crippen LogP contribution < -0.4 is 4.74 Å². The number of carbonyl (C=O) groups is 1. The molecule has 1 heterocycles. The maximum atomic E-state index is 12.7. The maximum Gasteiger partial charge on any atom is 0.416 e. The molecule has 1 atom stereocenters. The molecule has 0 saturated carbocycles. The molecule has 3 rings (SSSR count). The Balaban J connectivity index is 1.69. The maximum absolute atomic E-state index is 12.7. The number of fused-ring (bicyclic) bond motifs is 1. The lowest BCUT2D eigenvalue weighted by atomic mass is 10.1. The van der Waals surface area contributed by atoms with Crippen LogP contribution in [0.3, 0.4) is 0 Å². The molecule has 2 aromatic rings. The zero-order valence-electron chi connectivity index (χ0n) is 12.4. The summed E-state index contributed by atoms with van der Waals surface area (Å²) < 4.78 is 43.5. The summed E-state index contributed by atoms with van der Waals surface area (Å²) in [4.78, 5) is 12.1. The van der Waals surface area contributed by atoms with Gasteiger partial charge in [0.25, 0.3) is 0 Å². The lowest BCUT2D eigenvalue weighted by Gasteiger charge is -2.07. The summed E-state index contributed by atoms with van der Waals surface area (Å²) in [6.45, 7) is 0. The Hall–Kier alpha value is -2.76. The van der Waals surface area contributed by atoms with E-state index in [1.54, 1.807) is 12.1 Å². The first kappa shape index (κ1) is 16.1. The molecule has 0 aromatic heterocycles. The fraction of sp³-hybridized carbons (Fsp3) is 0.167. The topological polar surface area (TPSA) is 46.5 Å². The molecule has 0 aliphatic carbocycles. The molecule has 0 amide bonds. The standard InChI is InChI=1S/C18H13F3O3/c19-18(20,21)12-5-1-3-11(9-12)4-2-6-15-17(23)14-8-7-13(22)10-16(14)24-15/h1-5,7-10,15,22H,6H2/b4-2+. The van der Waals surface area contributed by atoms with Crippen molar-refractivity contribution in [2.24, 2.45) is 0 Å². The van der Waals surface area contributed by atoms with E-state index < -0.39 is 17.8 Å². The van der Waals surface area contributed by atoms with Gasteiger partial charge in [0.05, 0.1) is 11.1 Å². The van der Waals surface area contributed by atoms with Crippen LogP contribution in [0.1, 0.15) is 27.9 Å². The monoisotopic (exact) mass is 334 g/mol. The summed E-state index contributed by atoms with van der Waals surface area (Å²) >= 11 is 0. The van der Waals surface area contributed by atoms with Crippen LogP contribution in [0.2, 0.25) is 0 Å². The fourth-order valence-electron chi connectivity index (χ4n) is 2.49. The average Bonchev–Trinajstić information content (AvgIpc) is 2.82. The molecule has 3 nitrogen and oxygen atoms in total. The van der Waals surface area contributed by atoms with Crippen LogP contribution in [0, 0.1) is 0 Å². The molecule has 0 radical (unpaired) electrons. The first-order valence-corrected chi connectivity index (χ1v) is 7.22. The highest BCUT2D eigenvalue weighted by atomic mass is 19.4. The third-order valence-corrected chi connectivity index (χ3v) is 3.67. The van der Waals surface area contributed by atoms with Crippen LogP contribution in [0.15, 0.2) is 48.5 Å². The third kappa shape index (κ3) is 3.27. The second-order valence-electron chi connectivity index (χ2n) is 5.41. The van der Waals surface area contributed by atoms with Gasteiger partial charge in [-0.15, -0.1) is 0 Å². The molecule has 0 saturated heterocycles. The second kappa shape index (κ2) is 6.03. The minimum atomic E-state index is -4.39. The number of ketones is 1. The first-order chi connectivity index (χ1) is 11.3. The molecule has 0 bridgehead atoms. The number of halogens is 3. The largest absolute Gasteiger partial charge is 0.508 e. The summed E-state index contributed by atoms with van der Waals surface area (Å²) in [5, 5.41) is 9.39. The molecule has 124 valence electrons. The highest BCUT2D eigenvalue weighted by molar-refractivity contribution is 6.04. The van der Waals surface area contributed by atoms with Gasteiger partial charge in [-0.1, -0.05) is 24.3 Å². The Kier molecular flexibility index (Phi) is 4.05. The van der Waals surface area contributed by atoms with Gasteiger partial charge in [-0.2, -0.15) is 13.2 Å². The van der Waals surface area contributed by atoms with Crippen molar-refractivity contribution in [2.45, 2.75) is 18.7 Å². The molecule has 0 spiro atoms. The van der Waals surface area contributed by atoms with Crippen molar-refractivity contribution in [2.75, 3.05) is 0 Å². The van der Waals surface area contributed by atoms with Crippen LogP contribution in [-0.2, 0) is 6.18 Å². The molecule has 1 aliphatic heterocycles. The van der Waals surface area contributed by atoms with E-state index in [1.807, 2.05) is 0 Å². The summed E-state index contributed by atoms with van der Waals surface area (Å²) in [6.07, 6.45) is -1.78. The predicted molar refractivity (Wildman–Crippen MR) is 81.9 cm³/mol. The number of phenolic OH excluding ortho intramolecular Hbond substituents is 1. The number of ether oxygens (including phenoxy) is 1. The summed E-state index contributed by atoms with van der Waals surface area (Å²) in [7, 11) is 0. The van der Waals surface area contributed by atoms with Crippen LogP contribution in [0.25, 0.3) is 6.08 Å². The normalized spacial score (nSPS) is 17.1. The van der Waals surface area contributed by atoms with E-state index in [2.05, 4.69) is 0 Å². The molecule has 2 aromatic carbocycles. The van der Waals surface area contributed by atoms with Crippen molar-refractivity contribution in [3.05, 3.63) is 65.2 Å². The van der Waals surface area contributed by atoms with Crippen molar-refractivity contribution in [1.29, 1.82) is 0 Å². The molecule has 1 N–H and O–H groups in total. The Bertz CT molecular complexity index is 809. The number of benzene rings is 2. The number of hydrogen-bond donors (Lipinski definition) is 1. The van der Waals surface area contributed by atoms with Crippen molar-refractivity contribution in [3.8, 4) is 11.5 Å².